The van der Waals surface area contributed by atoms with Crippen molar-refractivity contribution < 1.29 is 17.9 Å². The van der Waals surface area contributed by atoms with E-state index in [9.17, 15) is 8.42 Å². The first-order valence-electron chi connectivity index (χ1n) is 7.58. The van der Waals surface area contributed by atoms with Crippen molar-refractivity contribution >= 4 is 10.0 Å². The van der Waals surface area contributed by atoms with Gasteiger partial charge in [0.2, 0.25) is 10.0 Å². The Balaban J connectivity index is 3.48. The SMILES string of the molecule is CC[C@@H](C)N([C@H](C)CC)S(=O)(=O)c1cc(OC)ccc1OC. The fraction of sp³-hybridized carbons (Fsp3) is 0.625. The van der Waals surface area contributed by atoms with E-state index >= 15 is 0 Å². The Kier molecular flexibility index (Phi) is 6.68. The third-order valence-corrected chi connectivity index (χ3v) is 6.13. The predicted molar refractivity (Wildman–Crippen MR) is 88.1 cm³/mol. The van der Waals surface area contributed by atoms with E-state index in [4.69, 9.17) is 9.47 Å². The second-order valence-electron chi connectivity index (χ2n) is 5.37. The van der Waals surface area contributed by atoms with Gasteiger partial charge in [-0.1, -0.05) is 13.8 Å². The van der Waals surface area contributed by atoms with Crippen molar-refractivity contribution in [3.05, 3.63) is 18.2 Å². The molecule has 0 amide bonds. The Hall–Kier alpha value is -1.27. The lowest BCUT2D eigenvalue weighted by molar-refractivity contribution is 0.261. The van der Waals surface area contributed by atoms with Crippen molar-refractivity contribution in [2.24, 2.45) is 0 Å². The Labute approximate surface area is 134 Å². The van der Waals surface area contributed by atoms with Crippen molar-refractivity contribution in [1.29, 1.82) is 0 Å². The Morgan fingerprint density at radius 2 is 1.59 bits per heavy atom. The van der Waals surface area contributed by atoms with Crippen LogP contribution >= 0.6 is 0 Å². The maximum absolute atomic E-state index is 13.2. The molecule has 1 aromatic carbocycles. The standard InChI is InChI=1S/C16H27NO4S/c1-7-12(3)17(13(4)8-2)22(18,19)16-11-14(20-5)9-10-15(16)21-6/h9-13H,7-8H2,1-6H3/t12-,13-/m1/s1. The highest BCUT2D eigenvalue weighted by atomic mass is 32.2. The van der Waals surface area contributed by atoms with Crippen LogP contribution in [0.25, 0.3) is 0 Å². The van der Waals surface area contributed by atoms with Crippen LogP contribution in [0.4, 0.5) is 0 Å². The zero-order chi connectivity index (χ0) is 16.9. The lowest BCUT2D eigenvalue weighted by atomic mass is 10.2. The van der Waals surface area contributed by atoms with Gasteiger partial charge in [0.25, 0.3) is 0 Å². The first-order chi connectivity index (χ1) is 10.3. The number of methoxy groups -OCH3 is 2. The zero-order valence-corrected chi connectivity index (χ0v) is 15.1. The molecule has 22 heavy (non-hydrogen) atoms. The van der Waals surface area contributed by atoms with Gasteiger partial charge in [0.15, 0.2) is 0 Å². The Bertz CT molecular complexity index is 576. The molecule has 0 aliphatic carbocycles. The summed E-state index contributed by atoms with van der Waals surface area (Å²) in [6, 6.07) is 4.66. The van der Waals surface area contributed by atoms with Crippen LogP contribution in [0.15, 0.2) is 23.1 Å². The van der Waals surface area contributed by atoms with Gasteiger partial charge < -0.3 is 9.47 Å². The highest BCUT2D eigenvalue weighted by molar-refractivity contribution is 7.89. The zero-order valence-electron chi connectivity index (χ0n) is 14.3. The van der Waals surface area contributed by atoms with E-state index in [0.29, 0.717) is 11.5 Å². The van der Waals surface area contributed by atoms with Crippen LogP contribution in [0.2, 0.25) is 0 Å². The van der Waals surface area contributed by atoms with Crippen LogP contribution in [0.5, 0.6) is 11.5 Å². The van der Waals surface area contributed by atoms with E-state index in [-0.39, 0.29) is 17.0 Å². The van der Waals surface area contributed by atoms with E-state index in [2.05, 4.69) is 0 Å². The van der Waals surface area contributed by atoms with Crippen LogP contribution < -0.4 is 9.47 Å². The van der Waals surface area contributed by atoms with Crippen molar-refractivity contribution in [3.63, 3.8) is 0 Å². The molecule has 2 atom stereocenters. The lowest BCUT2D eigenvalue weighted by Crippen LogP contribution is -2.44. The minimum atomic E-state index is -3.67. The van der Waals surface area contributed by atoms with Gasteiger partial charge in [-0.3, -0.25) is 0 Å². The van der Waals surface area contributed by atoms with Gasteiger partial charge >= 0.3 is 0 Å². The lowest BCUT2D eigenvalue weighted by Gasteiger charge is -2.33. The molecular weight excluding hydrogens is 302 g/mol. The van der Waals surface area contributed by atoms with Gasteiger partial charge in [0.05, 0.1) is 14.2 Å². The van der Waals surface area contributed by atoms with E-state index < -0.39 is 10.0 Å². The van der Waals surface area contributed by atoms with Gasteiger partial charge in [-0.25, -0.2) is 8.42 Å². The van der Waals surface area contributed by atoms with Gasteiger partial charge in [-0.05, 0) is 38.8 Å². The van der Waals surface area contributed by atoms with Crippen LogP contribution in [0.1, 0.15) is 40.5 Å². The number of benzene rings is 1. The van der Waals surface area contributed by atoms with Gasteiger partial charge in [-0.15, -0.1) is 0 Å². The molecule has 0 unspecified atom stereocenters. The first kappa shape index (κ1) is 18.8. The summed E-state index contributed by atoms with van der Waals surface area (Å²) in [4.78, 5) is 0.148. The third kappa shape index (κ3) is 3.73. The third-order valence-electron chi connectivity index (χ3n) is 3.98. The molecule has 1 rings (SSSR count). The number of nitrogens with zero attached hydrogens (tertiary/aromatic N) is 1. The second-order valence-corrected chi connectivity index (χ2v) is 7.18. The molecule has 0 bridgehead atoms. The number of hydrogen-bond acceptors (Lipinski definition) is 4. The molecule has 0 saturated heterocycles. The predicted octanol–water partition coefficient (Wildman–Crippen LogP) is 3.29. The number of rotatable bonds is 8. The second kappa shape index (κ2) is 7.83. The smallest absolute Gasteiger partial charge is 0.247 e. The van der Waals surface area contributed by atoms with Gasteiger partial charge in [0.1, 0.15) is 16.4 Å². The van der Waals surface area contributed by atoms with Crippen molar-refractivity contribution in [2.45, 2.75) is 57.5 Å². The normalized spacial score (nSPS) is 14.7. The summed E-state index contributed by atoms with van der Waals surface area (Å²) >= 11 is 0. The molecule has 126 valence electrons. The van der Waals surface area contributed by atoms with E-state index in [0.717, 1.165) is 12.8 Å². The van der Waals surface area contributed by atoms with E-state index in [1.54, 1.807) is 16.4 Å². The average Bonchev–Trinajstić information content (AvgIpc) is 2.53. The molecule has 6 heteroatoms. The van der Waals surface area contributed by atoms with Crippen molar-refractivity contribution in [1.82, 2.24) is 4.31 Å². The maximum atomic E-state index is 13.2. The van der Waals surface area contributed by atoms with Gasteiger partial charge in [-0.2, -0.15) is 4.31 Å². The summed E-state index contributed by atoms with van der Waals surface area (Å²) in [6.07, 6.45) is 1.49. The molecule has 0 saturated carbocycles. The van der Waals surface area contributed by atoms with Crippen LogP contribution in [-0.2, 0) is 10.0 Å². The first-order valence-corrected chi connectivity index (χ1v) is 9.02. The molecule has 0 heterocycles. The molecule has 0 aliphatic rings. The minimum Gasteiger partial charge on any atom is -0.497 e. The molecule has 5 nitrogen and oxygen atoms in total. The molecule has 0 spiro atoms. The van der Waals surface area contributed by atoms with Crippen molar-refractivity contribution in [3.8, 4) is 11.5 Å². The van der Waals surface area contributed by atoms with E-state index in [1.165, 1.54) is 20.3 Å². The minimum absolute atomic E-state index is 0.0872. The summed E-state index contributed by atoms with van der Waals surface area (Å²) in [5, 5.41) is 0. The van der Waals surface area contributed by atoms with Crippen LogP contribution in [0.3, 0.4) is 0 Å². The fourth-order valence-corrected chi connectivity index (χ4v) is 4.51. The Morgan fingerprint density at radius 1 is 1.05 bits per heavy atom. The quantitative estimate of drug-likeness (QED) is 0.734. The fourth-order valence-electron chi connectivity index (χ4n) is 2.37. The average molecular weight is 329 g/mol. The highest BCUT2D eigenvalue weighted by Gasteiger charge is 2.34. The van der Waals surface area contributed by atoms with E-state index in [1.807, 2.05) is 27.7 Å². The summed E-state index contributed by atoms with van der Waals surface area (Å²) in [6.45, 7) is 7.82. The number of sulfonamides is 1. The number of hydrogen-bond donors (Lipinski definition) is 0. The van der Waals surface area contributed by atoms with Crippen LogP contribution in [0, 0.1) is 0 Å². The van der Waals surface area contributed by atoms with Gasteiger partial charge in [0, 0.05) is 18.2 Å². The molecule has 1 aromatic rings. The monoisotopic (exact) mass is 329 g/mol. The highest BCUT2D eigenvalue weighted by Crippen LogP contribution is 2.33. The molecule has 0 fully saturated rings. The molecular formula is C16H27NO4S. The Morgan fingerprint density at radius 3 is 2.00 bits per heavy atom. The summed E-state index contributed by atoms with van der Waals surface area (Å²) < 4.78 is 38.3. The maximum Gasteiger partial charge on any atom is 0.247 e. The summed E-state index contributed by atoms with van der Waals surface area (Å²) in [7, 11) is -0.688. The molecule has 0 aliphatic heterocycles. The molecule has 0 aromatic heterocycles. The largest absolute Gasteiger partial charge is 0.497 e. The number of ether oxygens (including phenoxy) is 2. The summed E-state index contributed by atoms with van der Waals surface area (Å²) in [5.74, 6) is 0.824. The summed E-state index contributed by atoms with van der Waals surface area (Å²) in [5.41, 5.74) is 0. The molecule has 0 radical (unpaired) electrons. The van der Waals surface area contributed by atoms with Crippen molar-refractivity contribution in [2.75, 3.05) is 14.2 Å². The topological polar surface area (TPSA) is 55.8 Å². The van der Waals surface area contributed by atoms with Crippen LogP contribution in [-0.4, -0.2) is 39.0 Å². The molecule has 0 N–H and O–H groups in total.